The SMILES string of the molecule is CC(C)OCCOc1ccc(N)cc1O. The normalized spacial score (nSPS) is 10.6. The molecule has 0 aliphatic carbocycles. The lowest BCUT2D eigenvalue weighted by Crippen LogP contribution is -2.11. The van der Waals surface area contributed by atoms with E-state index < -0.39 is 0 Å². The van der Waals surface area contributed by atoms with E-state index in [4.69, 9.17) is 15.2 Å². The van der Waals surface area contributed by atoms with Crippen LogP contribution in [0, 0.1) is 0 Å². The van der Waals surface area contributed by atoms with Crippen molar-refractivity contribution in [2.75, 3.05) is 18.9 Å². The highest BCUT2D eigenvalue weighted by molar-refractivity contribution is 5.51. The summed E-state index contributed by atoms with van der Waals surface area (Å²) in [7, 11) is 0. The number of phenolic OH excluding ortho intramolecular Hbond substituents is 1. The maximum Gasteiger partial charge on any atom is 0.161 e. The van der Waals surface area contributed by atoms with Crippen molar-refractivity contribution in [3.63, 3.8) is 0 Å². The molecule has 0 unspecified atom stereocenters. The lowest BCUT2D eigenvalue weighted by Gasteiger charge is -2.10. The van der Waals surface area contributed by atoms with Crippen LogP contribution in [-0.4, -0.2) is 24.4 Å². The Hall–Kier alpha value is -1.42. The number of nitrogens with two attached hydrogens (primary N) is 1. The molecule has 0 amide bonds. The van der Waals surface area contributed by atoms with Gasteiger partial charge in [0.2, 0.25) is 0 Å². The van der Waals surface area contributed by atoms with Gasteiger partial charge in [-0.3, -0.25) is 0 Å². The molecule has 0 fully saturated rings. The van der Waals surface area contributed by atoms with Gasteiger partial charge < -0.3 is 20.3 Å². The molecule has 0 bridgehead atoms. The molecule has 0 aromatic heterocycles. The van der Waals surface area contributed by atoms with Crippen LogP contribution in [0.4, 0.5) is 5.69 Å². The van der Waals surface area contributed by atoms with Gasteiger partial charge in [-0.05, 0) is 26.0 Å². The number of phenols is 1. The summed E-state index contributed by atoms with van der Waals surface area (Å²) >= 11 is 0. The molecule has 0 saturated heterocycles. The molecule has 4 heteroatoms. The van der Waals surface area contributed by atoms with Gasteiger partial charge >= 0.3 is 0 Å². The molecule has 0 aliphatic heterocycles. The van der Waals surface area contributed by atoms with Crippen molar-refractivity contribution in [2.45, 2.75) is 20.0 Å². The van der Waals surface area contributed by atoms with E-state index in [0.29, 0.717) is 24.7 Å². The Morgan fingerprint density at radius 1 is 1.33 bits per heavy atom. The fourth-order valence-electron chi connectivity index (χ4n) is 1.09. The molecule has 0 saturated carbocycles. The highest BCUT2D eigenvalue weighted by atomic mass is 16.5. The van der Waals surface area contributed by atoms with Crippen molar-refractivity contribution in [1.82, 2.24) is 0 Å². The molecule has 1 aromatic rings. The van der Waals surface area contributed by atoms with E-state index in [9.17, 15) is 5.11 Å². The molecule has 1 rings (SSSR count). The van der Waals surface area contributed by atoms with Crippen LogP contribution in [0.15, 0.2) is 18.2 Å². The highest BCUT2D eigenvalue weighted by Gasteiger charge is 2.02. The van der Waals surface area contributed by atoms with Crippen molar-refractivity contribution in [3.05, 3.63) is 18.2 Å². The van der Waals surface area contributed by atoms with Crippen LogP contribution in [0.2, 0.25) is 0 Å². The van der Waals surface area contributed by atoms with Crippen molar-refractivity contribution < 1.29 is 14.6 Å². The highest BCUT2D eigenvalue weighted by Crippen LogP contribution is 2.27. The molecule has 84 valence electrons. The van der Waals surface area contributed by atoms with Crippen LogP contribution < -0.4 is 10.5 Å². The standard InChI is InChI=1S/C11H17NO3/c1-8(2)14-5-6-15-11-4-3-9(12)7-10(11)13/h3-4,7-8,13H,5-6,12H2,1-2H3. The minimum absolute atomic E-state index is 0.0551. The van der Waals surface area contributed by atoms with Crippen molar-refractivity contribution in [2.24, 2.45) is 0 Å². The summed E-state index contributed by atoms with van der Waals surface area (Å²) < 4.78 is 10.6. The molecule has 0 aliphatic rings. The van der Waals surface area contributed by atoms with E-state index in [0.717, 1.165) is 0 Å². The Morgan fingerprint density at radius 3 is 2.67 bits per heavy atom. The van der Waals surface area contributed by atoms with Crippen molar-refractivity contribution in [3.8, 4) is 11.5 Å². The Balaban J connectivity index is 2.37. The zero-order chi connectivity index (χ0) is 11.3. The summed E-state index contributed by atoms with van der Waals surface area (Å²) in [6, 6.07) is 4.77. The predicted octanol–water partition coefficient (Wildman–Crippen LogP) is 1.78. The smallest absolute Gasteiger partial charge is 0.161 e. The van der Waals surface area contributed by atoms with Gasteiger partial charge in [0, 0.05) is 11.8 Å². The summed E-state index contributed by atoms with van der Waals surface area (Å²) in [5.74, 6) is 0.483. The van der Waals surface area contributed by atoms with E-state index in [1.54, 1.807) is 12.1 Å². The molecule has 4 nitrogen and oxygen atoms in total. The Bertz CT molecular complexity index is 313. The summed E-state index contributed by atoms with van der Waals surface area (Å²) in [6.45, 7) is 4.83. The van der Waals surface area contributed by atoms with Gasteiger partial charge in [0.25, 0.3) is 0 Å². The minimum atomic E-state index is 0.0551. The van der Waals surface area contributed by atoms with Crippen LogP contribution in [0.3, 0.4) is 0 Å². The number of benzene rings is 1. The van der Waals surface area contributed by atoms with Crippen LogP contribution in [0.1, 0.15) is 13.8 Å². The number of hydrogen-bond acceptors (Lipinski definition) is 4. The zero-order valence-corrected chi connectivity index (χ0v) is 9.06. The van der Waals surface area contributed by atoms with Crippen LogP contribution in [0.5, 0.6) is 11.5 Å². The number of rotatable bonds is 5. The lowest BCUT2D eigenvalue weighted by atomic mass is 10.3. The second-order valence-corrected chi connectivity index (χ2v) is 3.50. The fourth-order valence-corrected chi connectivity index (χ4v) is 1.09. The molecule has 0 heterocycles. The van der Waals surface area contributed by atoms with Crippen LogP contribution in [0.25, 0.3) is 0 Å². The number of hydrogen-bond donors (Lipinski definition) is 2. The van der Waals surface area contributed by atoms with E-state index in [-0.39, 0.29) is 11.9 Å². The molecule has 0 atom stereocenters. The molecule has 0 spiro atoms. The molecule has 0 radical (unpaired) electrons. The first-order valence-electron chi connectivity index (χ1n) is 4.92. The van der Waals surface area contributed by atoms with Crippen LogP contribution in [-0.2, 0) is 4.74 Å². The summed E-state index contributed by atoms with van der Waals surface area (Å²) in [5, 5.41) is 9.45. The Labute approximate surface area is 89.6 Å². The minimum Gasteiger partial charge on any atom is -0.504 e. The quantitative estimate of drug-likeness (QED) is 0.575. The van der Waals surface area contributed by atoms with Gasteiger partial charge in [-0.25, -0.2) is 0 Å². The molecular weight excluding hydrogens is 194 g/mol. The van der Waals surface area contributed by atoms with Gasteiger partial charge in [0.15, 0.2) is 11.5 Å². The van der Waals surface area contributed by atoms with Crippen molar-refractivity contribution >= 4 is 5.69 Å². The molecular formula is C11H17NO3. The molecule has 15 heavy (non-hydrogen) atoms. The lowest BCUT2D eigenvalue weighted by molar-refractivity contribution is 0.0547. The van der Waals surface area contributed by atoms with Gasteiger partial charge in [0.1, 0.15) is 6.61 Å². The van der Waals surface area contributed by atoms with E-state index >= 15 is 0 Å². The average Bonchev–Trinajstić information content (AvgIpc) is 2.14. The third-order valence-electron chi connectivity index (χ3n) is 1.78. The molecule has 3 N–H and O–H groups in total. The zero-order valence-electron chi connectivity index (χ0n) is 9.06. The second-order valence-electron chi connectivity index (χ2n) is 3.50. The summed E-state index contributed by atoms with van der Waals surface area (Å²) in [4.78, 5) is 0. The van der Waals surface area contributed by atoms with Gasteiger partial charge in [0.05, 0.1) is 12.7 Å². The number of ether oxygens (including phenoxy) is 2. The monoisotopic (exact) mass is 211 g/mol. The Morgan fingerprint density at radius 2 is 2.07 bits per heavy atom. The van der Waals surface area contributed by atoms with Gasteiger partial charge in [-0.2, -0.15) is 0 Å². The topological polar surface area (TPSA) is 64.7 Å². The number of aromatic hydroxyl groups is 1. The van der Waals surface area contributed by atoms with E-state index in [1.165, 1.54) is 6.07 Å². The average molecular weight is 211 g/mol. The predicted molar refractivity (Wildman–Crippen MR) is 59.1 cm³/mol. The van der Waals surface area contributed by atoms with Gasteiger partial charge in [-0.15, -0.1) is 0 Å². The number of anilines is 1. The Kier molecular flexibility index (Phi) is 4.24. The summed E-state index contributed by atoms with van der Waals surface area (Å²) in [5.41, 5.74) is 5.99. The fraction of sp³-hybridized carbons (Fsp3) is 0.455. The maximum absolute atomic E-state index is 9.45. The van der Waals surface area contributed by atoms with Crippen LogP contribution >= 0.6 is 0 Å². The van der Waals surface area contributed by atoms with Crippen molar-refractivity contribution in [1.29, 1.82) is 0 Å². The first-order valence-corrected chi connectivity index (χ1v) is 4.92. The van der Waals surface area contributed by atoms with E-state index in [2.05, 4.69) is 0 Å². The number of nitrogen functional groups attached to an aromatic ring is 1. The first kappa shape index (κ1) is 11.7. The first-order chi connectivity index (χ1) is 7.09. The third-order valence-corrected chi connectivity index (χ3v) is 1.78. The third kappa shape index (κ3) is 4.08. The summed E-state index contributed by atoms with van der Waals surface area (Å²) in [6.07, 6.45) is 0.189. The molecule has 1 aromatic carbocycles. The van der Waals surface area contributed by atoms with E-state index in [1.807, 2.05) is 13.8 Å². The largest absolute Gasteiger partial charge is 0.504 e. The van der Waals surface area contributed by atoms with Gasteiger partial charge in [-0.1, -0.05) is 0 Å². The maximum atomic E-state index is 9.45. The second kappa shape index (κ2) is 5.46.